The maximum absolute atomic E-state index is 11.4. The average Bonchev–Trinajstić information content (AvgIpc) is 2.32. The number of nitrogens with zero attached hydrogens (tertiary/aromatic N) is 1. The Labute approximate surface area is 114 Å². The molecule has 0 aliphatic rings. The first-order valence-electron chi connectivity index (χ1n) is 5.31. The lowest BCUT2D eigenvalue weighted by Crippen LogP contribution is -2.15. The Kier molecular flexibility index (Phi) is 4.01. The molecule has 0 saturated heterocycles. The Morgan fingerprint density at radius 2 is 2.06 bits per heavy atom. The van der Waals surface area contributed by atoms with Crippen LogP contribution in [0.25, 0.3) is 0 Å². The van der Waals surface area contributed by atoms with E-state index in [1.165, 1.54) is 6.07 Å². The van der Waals surface area contributed by atoms with Gasteiger partial charge in [-0.1, -0.05) is 29.3 Å². The highest BCUT2D eigenvalue weighted by atomic mass is 35.5. The van der Waals surface area contributed by atoms with E-state index in [-0.39, 0.29) is 12.1 Å². The Balaban J connectivity index is 2.33. The van der Waals surface area contributed by atoms with Gasteiger partial charge in [0.05, 0.1) is 5.69 Å². The lowest BCUT2D eigenvalue weighted by atomic mass is 10.1. The topological polar surface area (TPSA) is 71.8 Å². The van der Waals surface area contributed by atoms with Gasteiger partial charge in [-0.25, -0.2) is 4.98 Å². The summed E-state index contributed by atoms with van der Waals surface area (Å²) in [5, 5.41) is 1.12. The van der Waals surface area contributed by atoms with Crippen LogP contribution >= 0.6 is 23.2 Å². The first-order valence-corrected chi connectivity index (χ1v) is 6.07. The predicted molar refractivity (Wildman–Crippen MR) is 72.0 cm³/mol. The Morgan fingerprint density at radius 1 is 1.28 bits per heavy atom. The first-order chi connectivity index (χ1) is 8.58. The summed E-state index contributed by atoms with van der Waals surface area (Å²) in [5.74, 6) is 0.534. The SMILES string of the molecule is NCc1cc(=O)[nH]c(Cc2ccc(Cl)cc2Cl)n1. The fraction of sp³-hybridized carbons (Fsp3) is 0.167. The summed E-state index contributed by atoms with van der Waals surface area (Å²) in [7, 11) is 0. The third kappa shape index (κ3) is 3.10. The predicted octanol–water partition coefficient (Wildman–Crippen LogP) is 2.13. The zero-order chi connectivity index (χ0) is 13.1. The summed E-state index contributed by atoms with van der Waals surface area (Å²) in [6, 6.07) is 6.59. The summed E-state index contributed by atoms with van der Waals surface area (Å²) in [4.78, 5) is 18.3. The van der Waals surface area contributed by atoms with Gasteiger partial charge in [-0.05, 0) is 17.7 Å². The molecule has 0 bridgehead atoms. The first kappa shape index (κ1) is 13.1. The van der Waals surface area contributed by atoms with Crippen molar-refractivity contribution in [3.05, 3.63) is 61.7 Å². The summed E-state index contributed by atoms with van der Waals surface area (Å²) in [6.45, 7) is 0.227. The summed E-state index contributed by atoms with van der Waals surface area (Å²) in [6.07, 6.45) is 0.430. The molecule has 2 rings (SSSR count). The highest BCUT2D eigenvalue weighted by Gasteiger charge is 2.06. The Hall–Kier alpha value is -1.36. The van der Waals surface area contributed by atoms with Crippen molar-refractivity contribution in [1.82, 2.24) is 9.97 Å². The molecule has 6 heteroatoms. The quantitative estimate of drug-likeness (QED) is 0.906. The number of rotatable bonds is 3. The number of halogens is 2. The largest absolute Gasteiger partial charge is 0.325 e. The lowest BCUT2D eigenvalue weighted by molar-refractivity contribution is 0.875. The second-order valence-corrected chi connectivity index (χ2v) is 4.64. The molecule has 0 atom stereocenters. The minimum Gasteiger partial charge on any atom is -0.325 e. The molecule has 4 nitrogen and oxygen atoms in total. The molecule has 0 saturated carbocycles. The van der Waals surface area contributed by atoms with Crippen LogP contribution in [-0.4, -0.2) is 9.97 Å². The number of hydrogen-bond acceptors (Lipinski definition) is 3. The molecular weight excluding hydrogens is 273 g/mol. The van der Waals surface area contributed by atoms with E-state index in [2.05, 4.69) is 9.97 Å². The van der Waals surface area contributed by atoms with Crippen LogP contribution in [0.15, 0.2) is 29.1 Å². The normalized spacial score (nSPS) is 10.6. The van der Waals surface area contributed by atoms with Crippen LogP contribution in [0.4, 0.5) is 0 Å². The van der Waals surface area contributed by atoms with Crippen molar-refractivity contribution >= 4 is 23.2 Å². The zero-order valence-electron chi connectivity index (χ0n) is 9.41. The van der Waals surface area contributed by atoms with Gasteiger partial charge < -0.3 is 10.7 Å². The molecule has 18 heavy (non-hydrogen) atoms. The van der Waals surface area contributed by atoms with Crippen LogP contribution in [0.1, 0.15) is 17.1 Å². The van der Waals surface area contributed by atoms with Crippen molar-refractivity contribution in [2.45, 2.75) is 13.0 Å². The van der Waals surface area contributed by atoms with Crippen molar-refractivity contribution < 1.29 is 0 Å². The molecule has 0 amide bonds. The molecule has 0 radical (unpaired) electrons. The van der Waals surface area contributed by atoms with Gasteiger partial charge in [-0.3, -0.25) is 4.79 Å². The molecule has 0 aliphatic heterocycles. The van der Waals surface area contributed by atoms with Crippen LogP contribution in [-0.2, 0) is 13.0 Å². The molecule has 3 N–H and O–H groups in total. The molecular formula is C12H11Cl2N3O. The van der Waals surface area contributed by atoms with Crippen molar-refractivity contribution in [2.24, 2.45) is 5.73 Å². The number of nitrogens with one attached hydrogen (secondary N) is 1. The molecule has 94 valence electrons. The monoisotopic (exact) mass is 283 g/mol. The van der Waals surface area contributed by atoms with Gasteiger partial charge in [-0.2, -0.15) is 0 Å². The average molecular weight is 284 g/mol. The van der Waals surface area contributed by atoms with Crippen LogP contribution in [0.2, 0.25) is 10.0 Å². The van der Waals surface area contributed by atoms with Crippen LogP contribution in [0.3, 0.4) is 0 Å². The van der Waals surface area contributed by atoms with Crippen molar-refractivity contribution in [2.75, 3.05) is 0 Å². The molecule has 1 aromatic heterocycles. The minimum absolute atomic E-state index is 0.217. The van der Waals surface area contributed by atoms with Crippen LogP contribution in [0, 0.1) is 0 Å². The minimum atomic E-state index is -0.217. The van der Waals surface area contributed by atoms with Crippen LogP contribution in [0.5, 0.6) is 0 Å². The maximum Gasteiger partial charge on any atom is 0.251 e. The second-order valence-electron chi connectivity index (χ2n) is 3.80. The van der Waals surface area contributed by atoms with E-state index in [0.29, 0.717) is 28.0 Å². The number of aromatic nitrogens is 2. The smallest absolute Gasteiger partial charge is 0.251 e. The van der Waals surface area contributed by atoms with E-state index >= 15 is 0 Å². The highest BCUT2D eigenvalue weighted by Crippen LogP contribution is 2.22. The van der Waals surface area contributed by atoms with Gasteiger partial charge >= 0.3 is 0 Å². The summed E-state index contributed by atoms with van der Waals surface area (Å²) in [5.41, 5.74) is 6.66. The maximum atomic E-state index is 11.4. The molecule has 0 aliphatic carbocycles. The Bertz CT molecular complexity index is 625. The summed E-state index contributed by atoms with van der Waals surface area (Å²) < 4.78 is 0. The lowest BCUT2D eigenvalue weighted by Gasteiger charge is -2.05. The summed E-state index contributed by atoms with van der Waals surface area (Å²) >= 11 is 11.9. The zero-order valence-corrected chi connectivity index (χ0v) is 10.9. The van der Waals surface area contributed by atoms with Gasteiger partial charge in [0, 0.05) is 29.1 Å². The standard InChI is InChI=1S/C12H11Cl2N3O/c13-8-2-1-7(10(14)4-8)3-11-16-9(6-15)5-12(18)17-11/h1-2,4-5H,3,6,15H2,(H,16,17,18). The molecule has 0 spiro atoms. The van der Waals surface area contributed by atoms with E-state index < -0.39 is 0 Å². The van der Waals surface area contributed by atoms with Crippen molar-refractivity contribution in [1.29, 1.82) is 0 Å². The fourth-order valence-electron chi connectivity index (χ4n) is 1.60. The second kappa shape index (κ2) is 5.52. The Morgan fingerprint density at radius 3 is 2.72 bits per heavy atom. The number of aromatic amines is 1. The third-order valence-electron chi connectivity index (χ3n) is 2.43. The van der Waals surface area contributed by atoms with E-state index in [1.807, 2.05) is 0 Å². The van der Waals surface area contributed by atoms with Crippen molar-refractivity contribution in [3.63, 3.8) is 0 Å². The van der Waals surface area contributed by atoms with Gasteiger partial charge in [0.2, 0.25) is 0 Å². The molecule has 1 aromatic carbocycles. The van der Waals surface area contributed by atoms with Gasteiger partial charge in [0.15, 0.2) is 0 Å². The number of benzene rings is 1. The van der Waals surface area contributed by atoms with E-state index in [0.717, 1.165) is 5.56 Å². The molecule has 0 fully saturated rings. The highest BCUT2D eigenvalue weighted by molar-refractivity contribution is 6.35. The molecule has 2 aromatic rings. The molecule has 0 unspecified atom stereocenters. The van der Waals surface area contributed by atoms with E-state index in [1.54, 1.807) is 18.2 Å². The number of H-pyrrole nitrogens is 1. The van der Waals surface area contributed by atoms with Crippen molar-refractivity contribution in [3.8, 4) is 0 Å². The molecule has 1 heterocycles. The number of nitrogens with two attached hydrogens (primary N) is 1. The van der Waals surface area contributed by atoms with E-state index in [9.17, 15) is 4.79 Å². The van der Waals surface area contributed by atoms with Gasteiger partial charge in [0.1, 0.15) is 5.82 Å². The van der Waals surface area contributed by atoms with Gasteiger partial charge in [-0.15, -0.1) is 0 Å². The number of hydrogen-bond donors (Lipinski definition) is 2. The van der Waals surface area contributed by atoms with E-state index in [4.69, 9.17) is 28.9 Å². The van der Waals surface area contributed by atoms with Crippen LogP contribution < -0.4 is 11.3 Å². The van der Waals surface area contributed by atoms with Gasteiger partial charge in [0.25, 0.3) is 5.56 Å². The fourth-order valence-corrected chi connectivity index (χ4v) is 2.07. The third-order valence-corrected chi connectivity index (χ3v) is 3.01.